The molecule has 2 atom stereocenters. The summed E-state index contributed by atoms with van der Waals surface area (Å²) < 4.78 is 2.41. The van der Waals surface area contributed by atoms with Crippen LogP contribution in [-0.2, 0) is 13.0 Å². The molecule has 1 saturated heterocycles. The van der Waals surface area contributed by atoms with Gasteiger partial charge in [-0.15, -0.1) is 0 Å². The van der Waals surface area contributed by atoms with Crippen molar-refractivity contribution in [3.05, 3.63) is 17.7 Å². The lowest BCUT2D eigenvalue weighted by Crippen LogP contribution is -2.33. The fourth-order valence-electron chi connectivity index (χ4n) is 3.50. The molecule has 1 aromatic heterocycles. The van der Waals surface area contributed by atoms with E-state index in [0.29, 0.717) is 6.04 Å². The van der Waals surface area contributed by atoms with E-state index in [-0.39, 0.29) is 0 Å². The monoisotopic (exact) mass is 247 g/mol. The van der Waals surface area contributed by atoms with Crippen LogP contribution in [0.15, 0.2) is 6.20 Å². The Bertz CT molecular complexity index is 410. The quantitative estimate of drug-likeness (QED) is 0.801. The van der Waals surface area contributed by atoms with Crippen LogP contribution in [0.2, 0.25) is 0 Å². The van der Waals surface area contributed by atoms with E-state index in [1.165, 1.54) is 56.7 Å². The highest BCUT2D eigenvalue weighted by molar-refractivity contribution is 5.12. The average Bonchev–Trinajstić information content (AvgIpc) is 2.81. The molecule has 0 radical (unpaired) electrons. The van der Waals surface area contributed by atoms with Crippen LogP contribution in [0.25, 0.3) is 0 Å². The number of rotatable bonds is 2. The number of hydrogen-bond acceptors (Lipinski definition) is 2. The number of hydrogen-bond donors (Lipinski definition) is 0. The first-order valence-electron chi connectivity index (χ1n) is 7.58. The molecule has 3 heterocycles. The number of piperidine rings is 1. The summed E-state index contributed by atoms with van der Waals surface area (Å²) in [5, 5.41) is 0. The predicted octanol–water partition coefficient (Wildman–Crippen LogP) is 3.01. The predicted molar refractivity (Wildman–Crippen MR) is 73.6 cm³/mol. The lowest BCUT2D eigenvalue weighted by molar-refractivity contribution is 0.154. The summed E-state index contributed by atoms with van der Waals surface area (Å²) in [5.74, 6) is 2.14. The lowest BCUT2D eigenvalue weighted by atomic mass is 10.00. The highest BCUT2D eigenvalue weighted by Gasteiger charge is 2.26. The topological polar surface area (TPSA) is 21.1 Å². The van der Waals surface area contributed by atoms with E-state index in [1.807, 2.05) is 0 Å². The van der Waals surface area contributed by atoms with Gasteiger partial charge in [0.15, 0.2) is 0 Å². The zero-order valence-corrected chi connectivity index (χ0v) is 11.7. The van der Waals surface area contributed by atoms with Gasteiger partial charge in [-0.1, -0.05) is 20.3 Å². The summed E-state index contributed by atoms with van der Waals surface area (Å²) in [6, 6.07) is 0.581. The fourth-order valence-corrected chi connectivity index (χ4v) is 3.50. The number of imidazole rings is 1. The molecule has 0 N–H and O–H groups in total. The molecule has 3 heteroatoms. The molecule has 1 fully saturated rings. The molecule has 2 unspecified atom stereocenters. The maximum atomic E-state index is 4.93. The second-order valence-corrected chi connectivity index (χ2v) is 6.02. The minimum Gasteiger partial charge on any atom is -0.334 e. The molecule has 100 valence electrons. The van der Waals surface area contributed by atoms with Gasteiger partial charge < -0.3 is 4.57 Å². The lowest BCUT2D eigenvalue weighted by Gasteiger charge is -2.33. The van der Waals surface area contributed by atoms with E-state index in [9.17, 15) is 0 Å². The van der Waals surface area contributed by atoms with Gasteiger partial charge in [-0.3, -0.25) is 4.90 Å². The van der Waals surface area contributed by atoms with Crippen LogP contribution in [0.1, 0.15) is 57.1 Å². The summed E-state index contributed by atoms with van der Waals surface area (Å²) in [6.07, 6.45) is 8.82. The van der Waals surface area contributed by atoms with Crippen molar-refractivity contribution in [2.24, 2.45) is 5.92 Å². The van der Waals surface area contributed by atoms with Crippen LogP contribution in [0.5, 0.6) is 0 Å². The molecule has 0 aliphatic carbocycles. The molecular weight excluding hydrogens is 222 g/mol. The maximum absolute atomic E-state index is 4.93. The van der Waals surface area contributed by atoms with Gasteiger partial charge in [0, 0.05) is 19.2 Å². The van der Waals surface area contributed by atoms with Gasteiger partial charge in [0.1, 0.15) is 5.82 Å². The maximum Gasteiger partial charge on any atom is 0.109 e. The van der Waals surface area contributed by atoms with Crippen molar-refractivity contribution in [3.8, 4) is 0 Å². The van der Waals surface area contributed by atoms with Crippen molar-refractivity contribution in [3.63, 3.8) is 0 Å². The van der Waals surface area contributed by atoms with Gasteiger partial charge in [-0.05, 0) is 38.3 Å². The van der Waals surface area contributed by atoms with E-state index in [4.69, 9.17) is 4.98 Å². The molecule has 0 spiro atoms. The number of aryl methyl sites for hydroxylation is 1. The van der Waals surface area contributed by atoms with Crippen molar-refractivity contribution in [1.29, 1.82) is 0 Å². The molecule has 2 aliphatic heterocycles. The third-order valence-corrected chi connectivity index (χ3v) is 4.61. The van der Waals surface area contributed by atoms with Crippen LogP contribution >= 0.6 is 0 Å². The molecule has 0 saturated carbocycles. The van der Waals surface area contributed by atoms with Crippen LogP contribution in [0, 0.1) is 5.92 Å². The highest BCUT2D eigenvalue weighted by Crippen LogP contribution is 2.31. The molecular formula is C15H25N3. The van der Waals surface area contributed by atoms with E-state index in [0.717, 1.165) is 12.5 Å². The van der Waals surface area contributed by atoms with Gasteiger partial charge in [-0.25, -0.2) is 4.98 Å². The Balaban J connectivity index is 1.83. The smallest absolute Gasteiger partial charge is 0.109 e. The van der Waals surface area contributed by atoms with Crippen molar-refractivity contribution >= 4 is 0 Å². The second kappa shape index (κ2) is 5.04. The minimum atomic E-state index is 0.581. The first-order chi connectivity index (χ1) is 8.78. The van der Waals surface area contributed by atoms with E-state index in [2.05, 4.69) is 29.5 Å². The summed E-state index contributed by atoms with van der Waals surface area (Å²) in [7, 11) is 0. The number of aromatic nitrogens is 2. The standard InChI is InChI=1S/C15H25N3/c1-3-17-9-5-4-6-14(17)13-11-18-10-12(2)7-8-15(18)16-13/h11-12,14H,3-10H2,1-2H3. The summed E-state index contributed by atoms with van der Waals surface area (Å²) in [5.41, 5.74) is 1.33. The molecule has 1 aromatic rings. The van der Waals surface area contributed by atoms with Gasteiger partial charge in [-0.2, -0.15) is 0 Å². The van der Waals surface area contributed by atoms with Crippen molar-refractivity contribution in [2.45, 2.75) is 58.5 Å². The van der Waals surface area contributed by atoms with Crippen LogP contribution in [0.3, 0.4) is 0 Å². The van der Waals surface area contributed by atoms with E-state index >= 15 is 0 Å². The summed E-state index contributed by atoms with van der Waals surface area (Å²) >= 11 is 0. The Hall–Kier alpha value is -0.830. The fraction of sp³-hybridized carbons (Fsp3) is 0.800. The Kier molecular flexibility index (Phi) is 3.42. The van der Waals surface area contributed by atoms with Gasteiger partial charge >= 0.3 is 0 Å². The molecule has 0 bridgehead atoms. The van der Waals surface area contributed by atoms with Crippen molar-refractivity contribution in [1.82, 2.24) is 14.5 Å². The molecule has 0 amide bonds. The van der Waals surface area contributed by atoms with Gasteiger partial charge in [0.25, 0.3) is 0 Å². The Morgan fingerprint density at radius 3 is 3.06 bits per heavy atom. The van der Waals surface area contributed by atoms with Crippen molar-refractivity contribution < 1.29 is 0 Å². The van der Waals surface area contributed by atoms with Crippen LogP contribution in [0.4, 0.5) is 0 Å². The van der Waals surface area contributed by atoms with E-state index < -0.39 is 0 Å². The minimum absolute atomic E-state index is 0.581. The Morgan fingerprint density at radius 1 is 1.33 bits per heavy atom. The van der Waals surface area contributed by atoms with Crippen LogP contribution < -0.4 is 0 Å². The molecule has 0 aromatic carbocycles. The third-order valence-electron chi connectivity index (χ3n) is 4.61. The second-order valence-electron chi connectivity index (χ2n) is 6.02. The Labute approximate surface area is 110 Å². The zero-order chi connectivity index (χ0) is 12.5. The molecule has 18 heavy (non-hydrogen) atoms. The third kappa shape index (κ3) is 2.20. The summed E-state index contributed by atoms with van der Waals surface area (Å²) in [6.45, 7) is 8.20. The SMILES string of the molecule is CCN1CCCCC1c1cn2c(n1)CCC(C)C2. The number of likely N-dealkylation sites (tertiary alicyclic amines) is 1. The van der Waals surface area contributed by atoms with Gasteiger partial charge in [0.05, 0.1) is 11.7 Å². The molecule has 2 aliphatic rings. The first-order valence-corrected chi connectivity index (χ1v) is 7.58. The summed E-state index contributed by atoms with van der Waals surface area (Å²) in [4.78, 5) is 7.53. The van der Waals surface area contributed by atoms with Crippen LogP contribution in [-0.4, -0.2) is 27.5 Å². The largest absolute Gasteiger partial charge is 0.334 e. The zero-order valence-electron chi connectivity index (χ0n) is 11.7. The Morgan fingerprint density at radius 2 is 2.22 bits per heavy atom. The average molecular weight is 247 g/mol. The van der Waals surface area contributed by atoms with E-state index in [1.54, 1.807) is 0 Å². The van der Waals surface area contributed by atoms with Crippen molar-refractivity contribution in [2.75, 3.05) is 13.1 Å². The normalized spacial score (nSPS) is 29.2. The number of fused-ring (bicyclic) bond motifs is 1. The highest BCUT2D eigenvalue weighted by atomic mass is 15.2. The first kappa shape index (κ1) is 12.2. The molecule has 3 nitrogen and oxygen atoms in total. The number of nitrogens with zero attached hydrogens (tertiary/aromatic N) is 3. The molecule has 3 rings (SSSR count). The van der Waals surface area contributed by atoms with Gasteiger partial charge in [0.2, 0.25) is 0 Å².